The number of aryl methyl sites for hydroxylation is 1. The van der Waals surface area contributed by atoms with Crippen LogP contribution in [-0.2, 0) is 23.0 Å². The van der Waals surface area contributed by atoms with Crippen LogP contribution in [0.25, 0.3) is 0 Å². The van der Waals surface area contributed by atoms with E-state index in [0.717, 1.165) is 54.4 Å². The number of nitrogens with one attached hydrogen (secondary N) is 1. The van der Waals surface area contributed by atoms with Gasteiger partial charge in [-0.1, -0.05) is 0 Å². The van der Waals surface area contributed by atoms with E-state index in [9.17, 15) is 8.42 Å². The second-order valence-electron chi connectivity index (χ2n) is 8.40. The second-order valence-corrected chi connectivity index (χ2v) is 10.3. The molecule has 9 heteroatoms. The Morgan fingerprint density at radius 2 is 1.90 bits per heavy atom. The molecule has 1 aromatic heterocycles. The van der Waals surface area contributed by atoms with E-state index < -0.39 is 10.0 Å². The molecular formula is C22H31N5O3S. The quantitative estimate of drug-likeness (QED) is 0.756. The summed E-state index contributed by atoms with van der Waals surface area (Å²) in [7, 11) is 1.93. The highest BCUT2D eigenvalue weighted by molar-refractivity contribution is 7.89. The molecule has 1 N–H and O–H groups in total. The molecule has 0 spiro atoms. The van der Waals surface area contributed by atoms with Gasteiger partial charge in [0.15, 0.2) is 0 Å². The number of piperidine rings is 1. The Labute approximate surface area is 184 Å². The Morgan fingerprint density at radius 1 is 1.16 bits per heavy atom. The third-order valence-corrected chi connectivity index (χ3v) is 8.21. The average Bonchev–Trinajstić information content (AvgIpc) is 2.78. The van der Waals surface area contributed by atoms with Crippen LogP contribution >= 0.6 is 0 Å². The summed E-state index contributed by atoms with van der Waals surface area (Å²) in [6.45, 7) is 4.63. The fraction of sp³-hybridized carbons (Fsp3) is 0.545. The van der Waals surface area contributed by atoms with E-state index in [2.05, 4.69) is 17.3 Å². The van der Waals surface area contributed by atoms with Gasteiger partial charge in [-0.25, -0.2) is 18.4 Å². The van der Waals surface area contributed by atoms with Gasteiger partial charge in [-0.05, 0) is 63.7 Å². The third kappa shape index (κ3) is 4.26. The van der Waals surface area contributed by atoms with E-state index in [1.54, 1.807) is 25.3 Å². The van der Waals surface area contributed by atoms with Crippen LogP contribution in [0.2, 0.25) is 0 Å². The number of rotatable bonds is 5. The molecule has 0 bridgehead atoms. The summed E-state index contributed by atoms with van der Waals surface area (Å²) in [5.74, 6) is 2.66. The van der Waals surface area contributed by atoms with E-state index in [1.807, 2.05) is 14.0 Å². The molecular weight excluding hydrogens is 414 g/mol. The number of benzene rings is 1. The first-order chi connectivity index (χ1) is 14.8. The number of methoxy groups -OCH3 is 1. The van der Waals surface area contributed by atoms with Crippen molar-refractivity contribution in [2.45, 2.75) is 43.5 Å². The molecule has 1 aromatic carbocycles. The van der Waals surface area contributed by atoms with Crippen LogP contribution in [-0.4, -0.2) is 68.4 Å². The fourth-order valence-corrected chi connectivity index (χ4v) is 5.92. The number of ether oxygens (including phenoxy) is 1. The molecule has 0 radical (unpaired) electrons. The van der Waals surface area contributed by atoms with E-state index in [1.165, 1.54) is 4.31 Å². The molecule has 2 aliphatic rings. The molecule has 0 atom stereocenters. The van der Waals surface area contributed by atoms with Gasteiger partial charge < -0.3 is 15.0 Å². The molecule has 31 heavy (non-hydrogen) atoms. The Balaban J connectivity index is 1.61. The molecule has 0 aliphatic carbocycles. The maximum Gasteiger partial charge on any atom is 0.243 e. The highest BCUT2D eigenvalue weighted by atomic mass is 32.2. The second kappa shape index (κ2) is 8.72. The van der Waals surface area contributed by atoms with Gasteiger partial charge in [0.25, 0.3) is 0 Å². The molecule has 2 aliphatic heterocycles. The van der Waals surface area contributed by atoms with Crippen LogP contribution in [0.15, 0.2) is 23.1 Å². The fourth-order valence-electron chi connectivity index (χ4n) is 4.43. The maximum absolute atomic E-state index is 13.3. The molecule has 1 fully saturated rings. The van der Waals surface area contributed by atoms with Gasteiger partial charge in [-0.2, -0.15) is 4.31 Å². The SMILES string of the molecule is CNc1nc(C2CCN(C)CC2)nc2c1CN(S(=O)(=O)c1ccc(OC)c(C)c1)CC2. The number of hydrogen-bond donors (Lipinski definition) is 1. The topological polar surface area (TPSA) is 87.7 Å². The summed E-state index contributed by atoms with van der Waals surface area (Å²) in [6.07, 6.45) is 2.69. The van der Waals surface area contributed by atoms with Crippen LogP contribution in [0, 0.1) is 6.92 Å². The lowest BCUT2D eigenvalue weighted by molar-refractivity contribution is 0.250. The highest BCUT2D eigenvalue weighted by Crippen LogP contribution is 2.32. The molecule has 0 unspecified atom stereocenters. The third-order valence-electron chi connectivity index (χ3n) is 6.37. The van der Waals surface area contributed by atoms with Crippen molar-refractivity contribution < 1.29 is 13.2 Å². The predicted molar refractivity (Wildman–Crippen MR) is 120 cm³/mol. The largest absolute Gasteiger partial charge is 0.496 e. The van der Waals surface area contributed by atoms with E-state index in [-0.39, 0.29) is 11.4 Å². The van der Waals surface area contributed by atoms with Crippen molar-refractivity contribution in [1.29, 1.82) is 0 Å². The highest BCUT2D eigenvalue weighted by Gasteiger charge is 2.32. The van der Waals surface area contributed by atoms with Gasteiger partial charge in [0.2, 0.25) is 10.0 Å². The lowest BCUT2D eigenvalue weighted by Crippen LogP contribution is -2.37. The van der Waals surface area contributed by atoms with Gasteiger partial charge >= 0.3 is 0 Å². The first-order valence-corrected chi connectivity index (χ1v) is 12.2. The van der Waals surface area contributed by atoms with Crippen molar-refractivity contribution in [3.63, 3.8) is 0 Å². The number of hydrogen-bond acceptors (Lipinski definition) is 7. The van der Waals surface area contributed by atoms with Crippen molar-refractivity contribution in [2.24, 2.45) is 0 Å². The Kier molecular flexibility index (Phi) is 6.18. The van der Waals surface area contributed by atoms with E-state index >= 15 is 0 Å². The number of sulfonamides is 1. The zero-order chi connectivity index (χ0) is 22.2. The molecule has 2 aromatic rings. The number of anilines is 1. The van der Waals surface area contributed by atoms with Gasteiger partial charge in [-0.15, -0.1) is 0 Å². The molecule has 168 valence electrons. The minimum atomic E-state index is -3.63. The number of nitrogens with zero attached hydrogens (tertiary/aromatic N) is 4. The van der Waals surface area contributed by atoms with Gasteiger partial charge in [0, 0.05) is 38.0 Å². The molecule has 3 heterocycles. The minimum Gasteiger partial charge on any atom is -0.496 e. The molecule has 0 amide bonds. The summed E-state index contributed by atoms with van der Waals surface area (Å²) in [5.41, 5.74) is 2.63. The summed E-state index contributed by atoms with van der Waals surface area (Å²) < 4.78 is 33.4. The first kappa shape index (κ1) is 22.0. The van der Waals surface area contributed by atoms with Gasteiger partial charge in [0.05, 0.1) is 17.7 Å². The van der Waals surface area contributed by atoms with Crippen molar-refractivity contribution in [2.75, 3.05) is 46.2 Å². The van der Waals surface area contributed by atoms with Crippen molar-refractivity contribution >= 4 is 15.8 Å². The van der Waals surface area contributed by atoms with Crippen molar-refractivity contribution in [3.8, 4) is 5.75 Å². The van der Waals surface area contributed by atoms with Crippen molar-refractivity contribution in [3.05, 3.63) is 40.8 Å². The van der Waals surface area contributed by atoms with E-state index in [4.69, 9.17) is 14.7 Å². The number of fused-ring (bicyclic) bond motifs is 1. The minimum absolute atomic E-state index is 0.270. The summed E-state index contributed by atoms with van der Waals surface area (Å²) in [6, 6.07) is 4.98. The van der Waals surface area contributed by atoms with Gasteiger partial charge in [-0.3, -0.25) is 0 Å². The summed E-state index contributed by atoms with van der Waals surface area (Å²) in [5, 5.41) is 3.18. The zero-order valence-electron chi connectivity index (χ0n) is 18.7. The molecule has 0 saturated carbocycles. The molecule has 4 rings (SSSR count). The van der Waals surface area contributed by atoms with Crippen LogP contribution < -0.4 is 10.1 Å². The van der Waals surface area contributed by atoms with Crippen LogP contribution in [0.4, 0.5) is 5.82 Å². The summed E-state index contributed by atoms with van der Waals surface area (Å²) in [4.78, 5) is 12.3. The number of aromatic nitrogens is 2. The molecule has 1 saturated heterocycles. The average molecular weight is 446 g/mol. The van der Waals surface area contributed by atoms with Crippen LogP contribution in [0.5, 0.6) is 5.75 Å². The Morgan fingerprint density at radius 3 is 2.55 bits per heavy atom. The monoisotopic (exact) mass is 445 g/mol. The Bertz CT molecular complexity index is 1050. The van der Waals surface area contributed by atoms with E-state index in [0.29, 0.717) is 24.6 Å². The standard InChI is InChI=1S/C22H31N5O3S/c1-15-13-17(5-6-20(15)30-4)31(28,29)27-12-9-19-18(14-27)22(23-2)25-21(24-19)16-7-10-26(3)11-8-16/h5-6,13,16H,7-12,14H2,1-4H3,(H,23,24,25). The smallest absolute Gasteiger partial charge is 0.243 e. The summed E-state index contributed by atoms with van der Waals surface area (Å²) >= 11 is 0. The number of likely N-dealkylation sites (tertiary alicyclic amines) is 1. The lowest BCUT2D eigenvalue weighted by atomic mass is 9.95. The van der Waals surface area contributed by atoms with Crippen molar-refractivity contribution in [1.82, 2.24) is 19.2 Å². The van der Waals surface area contributed by atoms with Gasteiger partial charge in [0.1, 0.15) is 17.4 Å². The lowest BCUT2D eigenvalue weighted by Gasteiger charge is -2.31. The predicted octanol–water partition coefficient (Wildman–Crippen LogP) is 2.39. The first-order valence-electron chi connectivity index (χ1n) is 10.7. The Hall–Kier alpha value is -2.23. The zero-order valence-corrected chi connectivity index (χ0v) is 19.5. The normalized spacial score (nSPS) is 18.6. The molecule has 8 nitrogen and oxygen atoms in total. The van der Waals surface area contributed by atoms with Crippen LogP contribution in [0.1, 0.15) is 41.4 Å². The van der Waals surface area contributed by atoms with Crippen LogP contribution in [0.3, 0.4) is 0 Å². The maximum atomic E-state index is 13.3.